The van der Waals surface area contributed by atoms with Gasteiger partial charge in [-0.1, -0.05) is 6.07 Å². The van der Waals surface area contributed by atoms with E-state index in [0.29, 0.717) is 0 Å². The molecule has 2 nitrogen and oxygen atoms in total. The highest BCUT2D eigenvalue weighted by atomic mass is 127. The van der Waals surface area contributed by atoms with Crippen LogP contribution in [0.25, 0.3) is 10.9 Å². The molecule has 0 fully saturated rings. The van der Waals surface area contributed by atoms with Crippen molar-refractivity contribution >= 4 is 41.2 Å². The molecule has 0 saturated carbocycles. The lowest BCUT2D eigenvalue weighted by atomic mass is 10.1. The van der Waals surface area contributed by atoms with Crippen LogP contribution < -0.4 is 0 Å². The Labute approximate surface area is 92.3 Å². The second-order valence-electron chi connectivity index (χ2n) is 2.56. The molecule has 0 aliphatic heterocycles. The molecule has 1 aromatic heterocycles. The summed E-state index contributed by atoms with van der Waals surface area (Å²) in [6, 6.07) is 9.91. The highest BCUT2D eigenvalue weighted by molar-refractivity contribution is 14.2. The van der Waals surface area contributed by atoms with Crippen molar-refractivity contribution in [1.29, 1.82) is 5.26 Å². The predicted molar refractivity (Wildman–Crippen MR) is 63.7 cm³/mol. The van der Waals surface area contributed by atoms with Gasteiger partial charge in [0.15, 0.2) is 0 Å². The van der Waals surface area contributed by atoms with Gasteiger partial charge in [0.25, 0.3) is 0 Å². The molecule has 0 aliphatic rings. The van der Waals surface area contributed by atoms with Crippen LogP contribution in [0.1, 0.15) is 5.56 Å². The molecule has 0 bridgehead atoms. The lowest BCUT2D eigenvalue weighted by Crippen LogP contribution is -1.80. The Morgan fingerprint density at radius 1 is 1.38 bits per heavy atom. The first-order valence-corrected chi connectivity index (χ1v) is 6.97. The molecule has 2 rings (SSSR count). The molecule has 0 atom stereocenters. The first kappa shape index (κ1) is 8.91. The number of benzene rings is 1. The average molecular weight is 300 g/mol. The number of rotatable bonds is 1. The number of hydrogen-bond donors (Lipinski definition) is 0. The lowest BCUT2D eigenvalue weighted by molar-refractivity contribution is 1.37. The Bertz CT molecular complexity index is 484. The summed E-state index contributed by atoms with van der Waals surface area (Å²) in [6.07, 6.45) is 1.97. The molecular formula is C9H5IN2S. The number of halogens is 1. The van der Waals surface area contributed by atoms with E-state index in [1.54, 1.807) is 9.12 Å². The summed E-state index contributed by atoms with van der Waals surface area (Å²) < 4.78 is 2.04. The number of nitrogens with zero attached hydrogens (tertiary/aromatic N) is 2. The van der Waals surface area contributed by atoms with Gasteiger partial charge >= 0.3 is 0 Å². The van der Waals surface area contributed by atoms with Crippen LogP contribution in [-0.2, 0) is 0 Å². The fraction of sp³-hybridized carbons (Fsp3) is 0. The summed E-state index contributed by atoms with van der Waals surface area (Å²) in [5, 5.41) is 9.87. The molecule has 2 aromatic rings. The Morgan fingerprint density at radius 2 is 2.23 bits per heavy atom. The summed E-state index contributed by atoms with van der Waals surface area (Å²) in [6.45, 7) is 0. The van der Waals surface area contributed by atoms with E-state index in [4.69, 9.17) is 5.26 Å². The summed E-state index contributed by atoms with van der Waals surface area (Å²) >= 11 is 2.22. The molecule has 1 heterocycles. The van der Waals surface area contributed by atoms with Crippen LogP contribution >= 0.6 is 30.3 Å². The van der Waals surface area contributed by atoms with E-state index >= 15 is 0 Å². The molecule has 64 valence electrons. The normalized spacial score (nSPS) is 10.2. The molecule has 0 unspecified atom stereocenters. The van der Waals surface area contributed by atoms with Gasteiger partial charge in [-0.3, -0.25) is 3.97 Å². The second kappa shape index (κ2) is 3.60. The third kappa shape index (κ3) is 1.42. The Kier molecular flexibility index (Phi) is 2.47. The maximum atomic E-state index is 8.85. The van der Waals surface area contributed by atoms with Crippen LogP contribution in [0.2, 0.25) is 0 Å². The van der Waals surface area contributed by atoms with Gasteiger partial charge in [-0.2, -0.15) is 5.26 Å². The van der Waals surface area contributed by atoms with E-state index in [1.807, 2.05) is 34.4 Å². The van der Waals surface area contributed by atoms with Crippen molar-refractivity contribution in [3.05, 3.63) is 36.0 Å². The number of aromatic nitrogens is 1. The minimum atomic E-state index is 0.738. The number of fused-ring (bicyclic) bond motifs is 1. The van der Waals surface area contributed by atoms with Crippen LogP contribution in [0.15, 0.2) is 30.5 Å². The zero-order valence-corrected chi connectivity index (χ0v) is 9.54. The third-order valence-electron chi connectivity index (χ3n) is 1.89. The predicted octanol–water partition coefficient (Wildman–Crippen LogP) is 3.36. The summed E-state index contributed by atoms with van der Waals surface area (Å²) in [5.41, 5.74) is 1.83. The molecule has 0 radical (unpaired) electrons. The molecule has 0 amide bonds. The standard InChI is InChI=1S/C9H5IN2S/c10-13-12-5-4-8-7(6-11)2-1-3-9(8)12/h1-5H. The minimum absolute atomic E-state index is 0.738. The largest absolute Gasteiger partial charge is 0.282 e. The van der Waals surface area contributed by atoms with Crippen LogP contribution in [0.3, 0.4) is 0 Å². The minimum Gasteiger partial charge on any atom is -0.282 e. The molecule has 4 heteroatoms. The number of nitriles is 1. The maximum Gasteiger partial charge on any atom is 0.0998 e. The van der Waals surface area contributed by atoms with Gasteiger partial charge in [-0.05, 0) is 18.2 Å². The van der Waals surface area contributed by atoms with Gasteiger partial charge < -0.3 is 0 Å². The van der Waals surface area contributed by atoms with Crippen LogP contribution in [0.5, 0.6) is 0 Å². The summed E-state index contributed by atoms with van der Waals surface area (Å²) in [5.74, 6) is 0. The molecule has 0 spiro atoms. The van der Waals surface area contributed by atoms with E-state index in [0.717, 1.165) is 16.5 Å². The quantitative estimate of drug-likeness (QED) is 0.756. The molecule has 0 N–H and O–H groups in total. The van der Waals surface area contributed by atoms with E-state index in [-0.39, 0.29) is 0 Å². The van der Waals surface area contributed by atoms with Gasteiger partial charge in [0, 0.05) is 41.9 Å². The van der Waals surface area contributed by atoms with Crippen molar-refractivity contribution in [3.63, 3.8) is 0 Å². The second-order valence-corrected chi connectivity index (χ2v) is 4.27. The fourth-order valence-electron chi connectivity index (χ4n) is 1.30. The van der Waals surface area contributed by atoms with Gasteiger partial charge in [-0.15, -0.1) is 0 Å². The number of hydrogen-bond acceptors (Lipinski definition) is 2. The van der Waals surface area contributed by atoms with E-state index in [1.165, 1.54) is 0 Å². The van der Waals surface area contributed by atoms with Crippen molar-refractivity contribution in [2.45, 2.75) is 0 Å². The first-order valence-electron chi connectivity index (χ1n) is 3.66. The van der Waals surface area contributed by atoms with Gasteiger partial charge in [0.05, 0.1) is 17.1 Å². The first-order chi connectivity index (χ1) is 6.36. The van der Waals surface area contributed by atoms with E-state index < -0.39 is 0 Å². The van der Waals surface area contributed by atoms with Crippen molar-refractivity contribution in [3.8, 4) is 6.07 Å². The van der Waals surface area contributed by atoms with E-state index in [2.05, 4.69) is 27.3 Å². The Hall–Kier alpha value is -0.670. The fourth-order valence-corrected chi connectivity index (χ4v) is 2.67. The molecule has 13 heavy (non-hydrogen) atoms. The molecule has 0 aliphatic carbocycles. The third-order valence-corrected chi connectivity index (χ3v) is 3.63. The maximum absolute atomic E-state index is 8.85. The van der Waals surface area contributed by atoms with Crippen molar-refractivity contribution in [1.82, 2.24) is 3.97 Å². The van der Waals surface area contributed by atoms with Crippen molar-refractivity contribution in [2.75, 3.05) is 0 Å². The zero-order chi connectivity index (χ0) is 9.26. The molecular weight excluding hydrogens is 295 g/mol. The van der Waals surface area contributed by atoms with Gasteiger partial charge in [0.1, 0.15) is 0 Å². The smallest absolute Gasteiger partial charge is 0.0998 e. The highest BCUT2D eigenvalue weighted by Gasteiger charge is 2.03. The summed E-state index contributed by atoms with van der Waals surface area (Å²) in [7, 11) is 1.60. The van der Waals surface area contributed by atoms with Crippen LogP contribution in [0.4, 0.5) is 0 Å². The van der Waals surface area contributed by atoms with E-state index in [9.17, 15) is 0 Å². The Morgan fingerprint density at radius 3 is 2.92 bits per heavy atom. The monoisotopic (exact) mass is 300 g/mol. The highest BCUT2D eigenvalue weighted by Crippen LogP contribution is 2.26. The lowest BCUT2D eigenvalue weighted by Gasteiger charge is -1.97. The van der Waals surface area contributed by atoms with Gasteiger partial charge in [-0.25, -0.2) is 0 Å². The van der Waals surface area contributed by atoms with Gasteiger partial charge in [0.2, 0.25) is 0 Å². The molecule has 1 aromatic carbocycles. The summed E-state index contributed by atoms with van der Waals surface area (Å²) in [4.78, 5) is 0. The SMILES string of the molecule is N#Cc1cccc2c1ccn2SI. The molecule has 0 saturated heterocycles. The van der Waals surface area contributed by atoms with Crippen molar-refractivity contribution in [2.24, 2.45) is 0 Å². The Balaban J connectivity index is 2.81. The van der Waals surface area contributed by atoms with Crippen molar-refractivity contribution < 1.29 is 0 Å². The average Bonchev–Trinajstić information content (AvgIpc) is 2.60. The van der Waals surface area contributed by atoms with Crippen LogP contribution in [-0.4, -0.2) is 3.97 Å². The topological polar surface area (TPSA) is 28.7 Å². The van der Waals surface area contributed by atoms with Crippen LogP contribution in [0, 0.1) is 11.3 Å². The zero-order valence-electron chi connectivity index (χ0n) is 6.57.